The largest absolute Gasteiger partial charge is 0.463 e. The van der Waals surface area contributed by atoms with Crippen molar-refractivity contribution in [1.82, 2.24) is 10.2 Å². The summed E-state index contributed by atoms with van der Waals surface area (Å²) in [6.07, 6.45) is 6.85. The fraction of sp³-hybridized carbons (Fsp3) is 0.429. The maximum Gasteiger partial charge on any atom is 0.306 e. The van der Waals surface area contributed by atoms with Gasteiger partial charge in [-0.15, -0.1) is 0 Å². The number of nitrogens with zero attached hydrogens (tertiary/aromatic N) is 2. The summed E-state index contributed by atoms with van der Waals surface area (Å²) < 4.78 is 12.1. The van der Waals surface area contributed by atoms with E-state index in [1.165, 1.54) is 4.90 Å². The molecule has 2 aromatic carbocycles. The molecule has 4 heterocycles. The van der Waals surface area contributed by atoms with E-state index < -0.39 is 65.4 Å². The van der Waals surface area contributed by atoms with Gasteiger partial charge in [-0.1, -0.05) is 80.1 Å². The van der Waals surface area contributed by atoms with Crippen molar-refractivity contribution in [3.8, 4) is 0 Å². The van der Waals surface area contributed by atoms with Crippen molar-refractivity contribution in [2.75, 3.05) is 24.7 Å². The number of rotatable bonds is 5. The van der Waals surface area contributed by atoms with E-state index in [1.807, 2.05) is 50.3 Å². The number of cyclic esters (lactones) is 1. The van der Waals surface area contributed by atoms with Crippen molar-refractivity contribution in [1.29, 1.82) is 0 Å². The molecule has 5 bridgehead atoms. The molecule has 4 aliphatic heterocycles. The van der Waals surface area contributed by atoms with Gasteiger partial charge in [0.2, 0.25) is 11.8 Å². The second-order valence-electron chi connectivity index (χ2n) is 12.5. The molecule has 46 heavy (non-hydrogen) atoms. The summed E-state index contributed by atoms with van der Waals surface area (Å²) in [4.78, 5) is 59.3. The third kappa shape index (κ3) is 5.63. The van der Waals surface area contributed by atoms with Crippen LogP contribution in [0.25, 0.3) is 0 Å². The molecule has 2 fully saturated rings. The second kappa shape index (κ2) is 13.0. The molecule has 0 unspecified atom stereocenters. The molecule has 0 saturated carbocycles. The number of carbonyl (C=O) groups is 4. The van der Waals surface area contributed by atoms with Crippen molar-refractivity contribution < 1.29 is 33.8 Å². The van der Waals surface area contributed by atoms with Crippen molar-refractivity contribution in [3.63, 3.8) is 0 Å². The average Bonchev–Trinajstić information content (AvgIpc) is 3.69. The smallest absolute Gasteiger partial charge is 0.306 e. The number of likely N-dealkylation sites (tertiary alicyclic amines) is 1. The Morgan fingerprint density at radius 1 is 1.02 bits per heavy atom. The lowest BCUT2D eigenvalue weighted by Gasteiger charge is -2.40. The number of allylic oxidation sites excluding steroid dienone is 1. The van der Waals surface area contributed by atoms with Gasteiger partial charge in [-0.05, 0) is 42.2 Å². The molecule has 11 heteroatoms. The van der Waals surface area contributed by atoms with Gasteiger partial charge >= 0.3 is 5.97 Å². The zero-order chi connectivity index (χ0) is 32.6. The summed E-state index contributed by atoms with van der Waals surface area (Å²) in [5, 5.41) is 14.1. The Hall–Kier alpha value is -3.99. The molecule has 7 atom stereocenters. The van der Waals surface area contributed by atoms with Crippen LogP contribution in [0.4, 0.5) is 5.69 Å². The van der Waals surface area contributed by atoms with E-state index >= 15 is 0 Å². The van der Waals surface area contributed by atoms with Gasteiger partial charge in [0.25, 0.3) is 5.91 Å². The molecular formula is C35H38ClN3O7. The Kier molecular flexibility index (Phi) is 9.05. The molecule has 0 radical (unpaired) electrons. The minimum Gasteiger partial charge on any atom is -0.463 e. The Bertz CT molecular complexity index is 1540. The van der Waals surface area contributed by atoms with Gasteiger partial charge in [0.15, 0.2) is 0 Å². The summed E-state index contributed by atoms with van der Waals surface area (Å²) in [7, 11) is 0. The van der Waals surface area contributed by atoms with E-state index in [0.29, 0.717) is 17.1 Å². The van der Waals surface area contributed by atoms with Gasteiger partial charge in [-0.25, -0.2) is 0 Å². The minimum absolute atomic E-state index is 0.0896. The Balaban J connectivity index is 1.46. The van der Waals surface area contributed by atoms with E-state index in [9.17, 15) is 24.3 Å². The van der Waals surface area contributed by atoms with E-state index in [-0.39, 0.29) is 32.1 Å². The molecule has 1 spiro atoms. The molecule has 6 rings (SSSR count). The normalized spacial score (nSPS) is 31.2. The number of aliphatic hydroxyl groups excluding tert-OH is 1. The third-order valence-electron chi connectivity index (χ3n) is 9.47. The van der Waals surface area contributed by atoms with Gasteiger partial charge in [0, 0.05) is 23.7 Å². The zero-order valence-electron chi connectivity index (χ0n) is 25.8. The predicted molar refractivity (Wildman–Crippen MR) is 171 cm³/mol. The van der Waals surface area contributed by atoms with E-state index in [4.69, 9.17) is 21.1 Å². The minimum atomic E-state index is -1.43. The van der Waals surface area contributed by atoms with Crippen LogP contribution in [0, 0.1) is 17.8 Å². The summed E-state index contributed by atoms with van der Waals surface area (Å²) >= 11 is 6.18. The van der Waals surface area contributed by atoms with Crippen LogP contribution in [-0.4, -0.2) is 77.2 Å². The number of halogens is 1. The summed E-state index contributed by atoms with van der Waals surface area (Å²) in [6, 6.07) is 13.4. The van der Waals surface area contributed by atoms with Crippen LogP contribution in [0.15, 0.2) is 78.9 Å². The number of ether oxygens (including phenoxy) is 2. The topological polar surface area (TPSA) is 125 Å². The number of fused-ring (bicyclic) bond motifs is 2. The van der Waals surface area contributed by atoms with Gasteiger partial charge in [0.05, 0.1) is 36.6 Å². The number of benzene rings is 2. The maximum absolute atomic E-state index is 14.9. The molecule has 2 saturated heterocycles. The van der Waals surface area contributed by atoms with Crippen LogP contribution in [0.2, 0.25) is 5.02 Å². The van der Waals surface area contributed by atoms with E-state index in [1.54, 1.807) is 47.4 Å². The van der Waals surface area contributed by atoms with E-state index in [2.05, 4.69) is 5.32 Å². The van der Waals surface area contributed by atoms with Gasteiger partial charge in [-0.3, -0.25) is 19.2 Å². The highest BCUT2D eigenvalue weighted by Crippen LogP contribution is 2.56. The highest BCUT2D eigenvalue weighted by molar-refractivity contribution is 6.30. The molecule has 4 aliphatic rings. The third-order valence-corrected chi connectivity index (χ3v) is 9.72. The van der Waals surface area contributed by atoms with Crippen LogP contribution in [0.1, 0.15) is 38.3 Å². The van der Waals surface area contributed by atoms with Crippen LogP contribution in [0.3, 0.4) is 0 Å². The summed E-state index contributed by atoms with van der Waals surface area (Å²) in [5.41, 5.74) is -0.146. The van der Waals surface area contributed by atoms with E-state index in [0.717, 1.165) is 5.56 Å². The fourth-order valence-electron chi connectivity index (χ4n) is 7.18. The molecular weight excluding hydrogens is 610 g/mol. The molecule has 2 N–H and O–H groups in total. The first-order valence-electron chi connectivity index (χ1n) is 15.7. The van der Waals surface area contributed by atoms with Gasteiger partial charge in [0.1, 0.15) is 18.2 Å². The van der Waals surface area contributed by atoms with Crippen molar-refractivity contribution in [3.05, 3.63) is 89.5 Å². The molecule has 3 amide bonds. The molecule has 2 aromatic rings. The number of hydrogen-bond acceptors (Lipinski definition) is 7. The van der Waals surface area contributed by atoms with Crippen molar-refractivity contribution in [2.24, 2.45) is 17.8 Å². The number of carbonyl (C=O) groups excluding carboxylic acids is 4. The number of aliphatic hydroxyl groups is 1. The second-order valence-corrected chi connectivity index (χ2v) is 13.0. The maximum atomic E-state index is 14.9. The first-order valence-corrected chi connectivity index (χ1v) is 16.1. The lowest BCUT2D eigenvalue weighted by molar-refractivity contribution is -0.147. The average molecular weight is 648 g/mol. The van der Waals surface area contributed by atoms with Crippen LogP contribution in [-0.2, 0) is 28.7 Å². The Morgan fingerprint density at radius 2 is 1.76 bits per heavy atom. The summed E-state index contributed by atoms with van der Waals surface area (Å²) in [5.74, 6) is -3.88. The molecule has 0 aliphatic carbocycles. The lowest BCUT2D eigenvalue weighted by atomic mass is 9.74. The van der Waals surface area contributed by atoms with Crippen LogP contribution < -0.4 is 10.2 Å². The van der Waals surface area contributed by atoms with Crippen LogP contribution >= 0.6 is 11.6 Å². The van der Waals surface area contributed by atoms with Gasteiger partial charge in [-0.2, -0.15) is 0 Å². The first kappa shape index (κ1) is 32.0. The standard InChI is InChI=1S/C35H38ClN3O7/c1-21(2)26(19-40)39-31-34(44)38(24-14-12-23(36)13-15-24)18-8-4-7-11-28(41)45-20-25(22-9-5-3-6-10-22)37-32(42)29-27-16-17-35(31,46-27)30(29)33(39)43/h3-6,8-10,12-17,21,25-27,29-31,40H,7,11,18-20H2,1-2H3,(H,37,42)/b8-4-/t25-,26+,27-,29+,30+,31-,35+/m1/s1. The Labute approximate surface area is 273 Å². The highest BCUT2D eigenvalue weighted by Gasteiger charge is 2.74. The monoisotopic (exact) mass is 647 g/mol. The fourth-order valence-corrected chi connectivity index (χ4v) is 7.30. The number of amides is 3. The molecule has 242 valence electrons. The molecule has 10 nitrogen and oxygen atoms in total. The number of esters is 1. The van der Waals surface area contributed by atoms with Crippen LogP contribution in [0.5, 0.6) is 0 Å². The lowest BCUT2D eigenvalue weighted by Crippen LogP contribution is -2.59. The Morgan fingerprint density at radius 3 is 2.46 bits per heavy atom. The van der Waals surface area contributed by atoms with Crippen molar-refractivity contribution >= 4 is 41.0 Å². The first-order chi connectivity index (χ1) is 22.2. The zero-order valence-corrected chi connectivity index (χ0v) is 26.5. The highest BCUT2D eigenvalue weighted by atomic mass is 35.5. The predicted octanol–water partition coefficient (Wildman–Crippen LogP) is 3.59. The number of hydrogen-bond donors (Lipinski definition) is 2. The van der Waals surface area contributed by atoms with Gasteiger partial charge < -0.3 is 29.7 Å². The van der Waals surface area contributed by atoms with Crippen molar-refractivity contribution in [2.45, 2.75) is 56.5 Å². The number of nitrogens with one attached hydrogen (secondary N) is 1. The summed E-state index contributed by atoms with van der Waals surface area (Å²) in [6.45, 7) is 3.43. The SMILES string of the molecule is CC(C)[C@H](CO)N1C(=O)[C@@H]2[C@H]3C(=O)N[C@@H](c4ccccc4)COC(=O)CC/C=C\CN(c4ccc(Cl)cc4)C(=O)[C@@H]1[C@]21C=C[C@H]3O1. The number of anilines is 1. The molecule has 0 aromatic heterocycles. The quantitative estimate of drug-likeness (QED) is 0.375.